The number of nitrogens with zero attached hydrogens (tertiary/aromatic N) is 4. The second-order valence-corrected chi connectivity index (χ2v) is 5.69. The van der Waals surface area contributed by atoms with Crippen LogP contribution in [0.4, 0.5) is 5.82 Å². The Morgan fingerprint density at radius 2 is 2.15 bits per heavy atom. The number of amides is 1. The van der Waals surface area contributed by atoms with Crippen LogP contribution in [0.3, 0.4) is 0 Å². The molecule has 1 fully saturated rings. The number of nitrogens with two attached hydrogens (primary N) is 1. The van der Waals surface area contributed by atoms with Crippen molar-refractivity contribution in [2.45, 2.75) is 31.7 Å². The Morgan fingerprint density at radius 1 is 1.45 bits per heavy atom. The fourth-order valence-electron chi connectivity index (χ4n) is 2.64. The minimum atomic E-state index is 0.215. The van der Waals surface area contributed by atoms with Gasteiger partial charge in [0.1, 0.15) is 5.82 Å². The molecule has 1 aliphatic heterocycles. The van der Waals surface area contributed by atoms with Gasteiger partial charge in [-0.15, -0.1) is 0 Å². The molecular weight excluding hydrogens is 254 g/mol. The van der Waals surface area contributed by atoms with Crippen LogP contribution in [0.1, 0.15) is 31.7 Å². The van der Waals surface area contributed by atoms with Crippen molar-refractivity contribution >= 4 is 11.7 Å². The van der Waals surface area contributed by atoms with E-state index in [0.29, 0.717) is 18.3 Å². The van der Waals surface area contributed by atoms with Gasteiger partial charge in [-0.05, 0) is 31.9 Å². The molecule has 1 aromatic heterocycles. The second-order valence-electron chi connectivity index (χ2n) is 5.69. The lowest BCUT2D eigenvalue weighted by atomic mass is 10.0. The molecular formula is C14H25N5O. The van der Waals surface area contributed by atoms with Crippen LogP contribution >= 0.6 is 0 Å². The minimum absolute atomic E-state index is 0.215. The summed E-state index contributed by atoms with van der Waals surface area (Å²) in [4.78, 5) is 15.6. The number of piperidine rings is 1. The monoisotopic (exact) mass is 279 g/mol. The van der Waals surface area contributed by atoms with Crippen LogP contribution < -0.4 is 5.73 Å². The van der Waals surface area contributed by atoms with Crippen LogP contribution in [-0.2, 0) is 4.79 Å². The number of anilines is 1. The highest BCUT2D eigenvalue weighted by molar-refractivity contribution is 5.75. The molecule has 20 heavy (non-hydrogen) atoms. The van der Waals surface area contributed by atoms with Crippen molar-refractivity contribution in [3.63, 3.8) is 0 Å². The number of aromatic nitrogens is 2. The first-order valence-corrected chi connectivity index (χ1v) is 7.29. The molecule has 1 aromatic rings. The number of rotatable bonds is 5. The van der Waals surface area contributed by atoms with Crippen molar-refractivity contribution < 1.29 is 4.79 Å². The van der Waals surface area contributed by atoms with Crippen LogP contribution in [0.2, 0.25) is 0 Å². The molecule has 0 aromatic carbocycles. The summed E-state index contributed by atoms with van der Waals surface area (Å²) in [5.41, 5.74) is 5.65. The largest absolute Gasteiger partial charge is 0.382 e. The van der Waals surface area contributed by atoms with Gasteiger partial charge < -0.3 is 15.5 Å². The fourth-order valence-corrected chi connectivity index (χ4v) is 2.64. The minimum Gasteiger partial charge on any atom is -0.382 e. The molecule has 112 valence electrons. The quantitative estimate of drug-likeness (QED) is 0.872. The zero-order valence-corrected chi connectivity index (χ0v) is 12.5. The van der Waals surface area contributed by atoms with Gasteiger partial charge in [-0.25, -0.2) is 0 Å². The molecule has 0 atom stereocenters. The van der Waals surface area contributed by atoms with Gasteiger partial charge in [0.2, 0.25) is 5.91 Å². The summed E-state index contributed by atoms with van der Waals surface area (Å²) >= 11 is 0. The van der Waals surface area contributed by atoms with Crippen LogP contribution in [0.15, 0.2) is 12.3 Å². The number of hydrogen-bond donors (Lipinski definition) is 1. The van der Waals surface area contributed by atoms with Gasteiger partial charge >= 0.3 is 0 Å². The molecule has 0 saturated carbocycles. The van der Waals surface area contributed by atoms with Crippen molar-refractivity contribution in [3.05, 3.63) is 12.3 Å². The number of carbonyl (C=O) groups is 1. The number of nitrogen functional groups attached to an aromatic ring is 1. The van der Waals surface area contributed by atoms with Crippen LogP contribution in [0.25, 0.3) is 0 Å². The van der Waals surface area contributed by atoms with E-state index in [2.05, 4.69) is 10.00 Å². The predicted octanol–water partition coefficient (Wildman–Crippen LogP) is 0.971. The lowest BCUT2D eigenvalue weighted by molar-refractivity contribution is -0.128. The Morgan fingerprint density at radius 3 is 2.70 bits per heavy atom. The van der Waals surface area contributed by atoms with Gasteiger partial charge in [0.15, 0.2) is 0 Å². The molecule has 0 aliphatic carbocycles. The van der Waals surface area contributed by atoms with Gasteiger partial charge in [0.25, 0.3) is 0 Å². The topological polar surface area (TPSA) is 67.4 Å². The fraction of sp³-hybridized carbons (Fsp3) is 0.714. The summed E-state index contributed by atoms with van der Waals surface area (Å²) < 4.78 is 1.99. The standard InChI is InChI=1S/C14H25N5O/c1-17(2)14(20)4-3-8-18-9-5-12(6-10-18)19-11-7-13(15)16-19/h7,11-12H,3-6,8-10H2,1-2H3,(H2,15,16). The van der Waals surface area contributed by atoms with E-state index in [1.807, 2.05) is 31.0 Å². The third-order valence-electron chi connectivity index (χ3n) is 3.92. The van der Waals surface area contributed by atoms with Gasteiger partial charge in [0, 0.05) is 39.8 Å². The molecule has 2 rings (SSSR count). The van der Waals surface area contributed by atoms with E-state index in [4.69, 9.17) is 5.73 Å². The van der Waals surface area contributed by atoms with Crippen molar-refractivity contribution in [1.29, 1.82) is 0 Å². The zero-order valence-electron chi connectivity index (χ0n) is 12.5. The molecule has 1 amide bonds. The summed E-state index contributed by atoms with van der Waals surface area (Å²) in [6, 6.07) is 2.31. The van der Waals surface area contributed by atoms with Crippen molar-refractivity contribution in [3.8, 4) is 0 Å². The Bertz CT molecular complexity index is 435. The molecule has 6 heteroatoms. The molecule has 6 nitrogen and oxygen atoms in total. The summed E-state index contributed by atoms with van der Waals surface area (Å²) in [5, 5.41) is 4.29. The number of carbonyl (C=O) groups excluding carboxylic acids is 1. The molecule has 0 spiro atoms. The highest BCUT2D eigenvalue weighted by atomic mass is 16.2. The van der Waals surface area contributed by atoms with Crippen molar-refractivity contribution in [2.24, 2.45) is 0 Å². The highest BCUT2D eigenvalue weighted by Crippen LogP contribution is 2.22. The zero-order chi connectivity index (χ0) is 14.5. The van der Waals surface area contributed by atoms with Crippen molar-refractivity contribution in [2.75, 3.05) is 39.5 Å². The van der Waals surface area contributed by atoms with Gasteiger partial charge in [-0.3, -0.25) is 9.48 Å². The molecule has 1 saturated heterocycles. The second kappa shape index (κ2) is 6.74. The maximum absolute atomic E-state index is 11.5. The first-order chi connectivity index (χ1) is 9.56. The molecule has 2 heterocycles. The van der Waals surface area contributed by atoms with E-state index in [-0.39, 0.29) is 5.91 Å². The molecule has 0 radical (unpaired) electrons. The lowest BCUT2D eigenvalue weighted by Gasteiger charge is -2.32. The average Bonchev–Trinajstić information content (AvgIpc) is 2.86. The Hall–Kier alpha value is -1.56. The average molecular weight is 279 g/mol. The van der Waals surface area contributed by atoms with Gasteiger partial charge in [0.05, 0.1) is 6.04 Å². The van der Waals surface area contributed by atoms with Crippen LogP contribution in [-0.4, -0.2) is 59.2 Å². The van der Waals surface area contributed by atoms with E-state index in [9.17, 15) is 4.79 Å². The molecule has 2 N–H and O–H groups in total. The SMILES string of the molecule is CN(C)C(=O)CCCN1CCC(n2ccc(N)n2)CC1. The molecule has 0 unspecified atom stereocenters. The van der Waals surface area contributed by atoms with Crippen LogP contribution in [0, 0.1) is 0 Å². The number of hydrogen-bond acceptors (Lipinski definition) is 4. The van der Waals surface area contributed by atoms with E-state index < -0.39 is 0 Å². The maximum atomic E-state index is 11.5. The third kappa shape index (κ3) is 3.96. The number of likely N-dealkylation sites (tertiary alicyclic amines) is 1. The van der Waals surface area contributed by atoms with E-state index >= 15 is 0 Å². The summed E-state index contributed by atoms with van der Waals surface area (Å²) in [5.74, 6) is 0.807. The smallest absolute Gasteiger partial charge is 0.222 e. The summed E-state index contributed by atoms with van der Waals surface area (Å²) in [6.07, 6.45) is 5.75. The Labute approximate surface area is 120 Å². The third-order valence-corrected chi connectivity index (χ3v) is 3.92. The van der Waals surface area contributed by atoms with E-state index in [1.54, 1.807) is 4.90 Å². The summed E-state index contributed by atoms with van der Waals surface area (Å²) in [6.45, 7) is 3.15. The van der Waals surface area contributed by atoms with E-state index in [1.165, 1.54) is 0 Å². The Balaban J connectivity index is 1.68. The Kier molecular flexibility index (Phi) is 5.00. The first kappa shape index (κ1) is 14.8. The molecule has 1 aliphatic rings. The predicted molar refractivity (Wildman–Crippen MR) is 79.3 cm³/mol. The lowest BCUT2D eigenvalue weighted by Crippen LogP contribution is -2.36. The molecule has 0 bridgehead atoms. The normalized spacial score (nSPS) is 17.3. The van der Waals surface area contributed by atoms with Gasteiger partial charge in [-0.2, -0.15) is 5.10 Å². The first-order valence-electron chi connectivity index (χ1n) is 7.29. The highest BCUT2D eigenvalue weighted by Gasteiger charge is 2.20. The van der Waals surface area contributed by atoms with Gasteiger partial charge in [-0.1, -0.05) is 0 Å². The maximum Gasteiger partial charge on any atom is 0.222 e. The van der Waals surface area contributed by atoms with E-state index in [0.717, 1.165) is 38.9 Å². The van der Waals surface area contributed by atoms with Crippen LogP contribution in [0.5, 0.6) is 0 Å². The summed E-state index contributed by atoms with van der Waals surface area (Å²) in [7, 11) is 3.62. The van der Waals surface area contributed by atoms with Crippen molar-refractivity contribution in [1.82, 2.24) is 19.6 Å².